The first-order valence-electron chi connectivity index (χ1n) is 4.20. The fraction of sp³-hybridized carbons (Fsp3) is 1.00. The fourth-order valence-electron chi connectivity index (χ4n) is 1.44. The van der Waals surface area contributed by atoms with Gasteiger partial charge in [-0.1, -0.05) is 19.8 Å². The Hall–Kier alpha value is -0.110. The molecule has 1 saturated heterocycles. The van der Waals surface area contributed by atoms with Gasteiger partial charge in [0.25, 0.3) is 0 Å². The van der Waals surface area contributed by atoms with E-state index < -0.39 is 6.17 Å². The molecule has 1 fully saturated rings. The van der Waals surface area contributed by atoms with Crippen LogP contribution in [0, 0.1) is 0 Å². The standard InChI is InChI=1S/C8H16FN/c1-2-3-4-8-5-7(9)6-10-8/h7-8,10H,2-6H2,1H3. The highest BCUT2D eigenvalue weighted by Crippen LogP contribution is 2.14. The van der Waals surface area contributed by atoms with E-state index in [0.717, 1.165) is 12.8 Å². The molecule has 1 N–H and O–H groups in total. The Morgan fingerprint density at radius 2 is 2.40 bits per heavy atom. The van der Waals surface area contributed by atoms with Gasteiger partial charge in [-0.2, -0.15) is 0 Å². The summed E-state index contributed by atoms with van der Waals surface area (Å²) in [4.78, 5) is 0. The number of alkyl halides is 1. The number of unbranched alkanes of at least 4 members (excludes halogenated alkanes) is 1. The van der Waals surface area contributed by atoms with Crippen molar-refractivity contribution >= 4 is 0 Å². The van der Waals surface area contributed by atoms with Gasteiger partial charge in [0.05, 0.1) is 0 Å². The van der Waals surface area contributed by atoms with Crippen LogP contribution in [0.3, 0.4) is 0 Å². The molecule has 0 radical (unpaired) electrons. The number of hydrogen-bond acceptors (Lipinski definition) is 1. The van der Waals surface area contributed by atoms with Crippen LogP contribution in [-0.4, -0.2) is 18.8 Å². The monoisotopic (exact) mass is 145 g/mol. The zero-order valence-electron chi connectivity index (χ0n) is 6.57. The van der Waals surface area contributed by atoms with Crippen LogP contribution in [0.25, 0.3) is 0 Å². The Labute approximate surface area is 62.0 Å². The number of rotatable bonds is 3. The van der Waals surface area contributed by atoms with Gasteiger partial charge in [-0.25, -0.2) is 4.39 Å². The lowest BCUT2D eigenvalue weighted by Gasteiger charge is -2.06. The average molecular weight is 145 g/mol. The summed E-state index contributed by atoms with van der Waals surface area (Å²) in [6.07, 6.45) is 3.75. The van der Waals surface area contributed by atoms with Crippen LogP contribution in [0.15, 0.2) is 0 Å². The molecule has 1 aliphatic heterocycles. The largest absolute Gasteiger partial charge is 0.311 e. The topological polar surface area (TPSA) is 12.0 Å². The highest BCUT2D eigenvalue weighted by atomic mass is 19.1. The van der Waals surface area contributed by atoms with E-state index in [1.807, 2.05) is 0 Å². The second kappa shape index (κ2) is 3.91. The van der Waals surface area contributed by atoms with E-state index >= 15 is 0 Å². The summed E-state index contributed by atoms with van der Waals surface area (Å²) in [6.45, 7) is 2.75. The molecule has 0 saturated carbocycles. The van der Waals surface area contributed by atoms with Crippen molar-refractivity contribution in [1.29, 1.82) is 0 Å². The molecule has 0 bridgehead atoms. The second-order valence-corrected chi connectivity index (χ2v) is 3.08. The third-order valence-corrected chi connectivity index (χ3v) is 2.07. The maximum atomic E-state index is 12.5. The summed E-state index contributed by atoms with van der Waals surface area (Å²) in [7, 11) is 0. The van der Waals surface area contributed by atoms with E-state index in [1.165, 1.54) is 12.8 Å². The summed E-state index contributed by atoms with van der Waals surface area (Å²) < 4.78 is 12.5. The van der Waals surface area contributed by atoms with Gasteiger partial charge in [0.1, 0.15) is 6.17 Å². The predicted molar refractivity (Wildman–Crippen MR) is 40.8 cm³/mol. The van der Waals surface area contributed by atoms with Crippen molar-refractivity contribution in [2.24, 2.45) is 0 Å². The summed E-state index contributed by atoms with van der Waals surface area (Å²) >= 11 is 0. The lowest BCUT2D eigenvalue weighted by atomic mass is 10.1. The van der Waals surface area contributed by atoms with Crippen molar-refractivity contribution in [2.45, 2.75) is 44.8 Å². The van der Waals surface area contributed by atoms with E-state index in [9.17, 15) is 4.39 Å². The van der Waals surface area contributed by atoms with Crippen LogP contribution >= 0.6 is 0 Å². The van der Waals surface area contributed by atoms with Crippen molar-refractivity contribution in [2.75, 3.05) is 6.54 Å². The minimum atomic E-state index is -0.582. The Morgan fingerprint density at radius 3 is 2.90 bits per heavy atom. The van der Waals surface area contributed by atoms with Crippen molar-refractivity contribution in [3.8, 4) is 0 Å². The quantitative estimate of drug-likeness (QED) is 0.639. The maximum Gasteiger partial charge on any atom is 0.114 e. The molecule has 0 aliphatic carbocycles. The van der Waals surface area contributed by atoms with Crippen LogP contribution in [-0.2, 0) is 0 Å². The van der Waals surface area contributed by atoms with Crippen LogP contribution in [0.4, 0.5) is 4.39 Å². The van der Waals surface area contributed by atoms with Gasteiger partial charge >= 0.3 is 0 Å². The molecule has 0 aromatic heterocycles. The van der Waals surface area contributed by atoms with Crippen molar-refractivity contribution in [1.82, 2.24) is 5.32 Å². The maximum absolute atomic E-state index is 12.5. The Kier molecular flexibility index (Phi) is 3.13. The average Bonchev–Trinajstić information content (AvgIpc) is 2.31. The molecule has 1 heterocycles. The third-order valence-electron chi connectivity index (χ3n) is 2.07. The summed E-state index contributed by atoms with van der Waals surface area (Å²) in [5.74, 6) is 0. The molecule has 0 amide bonds. The van der Waals surface area contributed by atoms with Gasteiger partial charge in [-0.05, 0) is 12.8 Å². The first-order chi connectivity index (χ1) is 4.83. The molecule has 2 unspecified atom stereocenters. The molecule has 60 valence electrons. The van der Waals surface area contributed by atoms with Gasteiger partial charge < -0.3 is 5.32 Å². The first-order valence-corrected chi connectivity index (χ1v) is 4.20. The van der Waals surface area contributed by atoms with Gasteiger partial charge in [0.15, 0.2) is 0 Å². The molecule has 1 rings (SSSR count). The second-order valence-electron chi connectivity index (χ2n) is 3.08. The molecule has 2 atom stereocenters. The highest BCUT2D eigenvalue weighted by molar-refractivity contribution is 4.80. The van der Waals surface area contributed by atoms with Crippen LogP contribution in [0.2, 0.25) is 0 Å². The van der Waals surface area contributed by atoms with Crippen molar-refractivity contribution in [3.05, 3.63) is 0 Å². The van der Waals surface area contributed by atoms with Crippen molar-refractivity contribution in [3.63, 3.8) is 0 Å². The van der Waals surface area contributed by atoms with E-state index in [0.29, 0.717) is 12.6 Å². The molecule has 1 aliphatic rings. The zero-order valence-corrected chi connectivity index (χ0v) is 6.57. The van der Waals surface area contributed by atoms with E-state index in [-0.39, 0.29) is 0 Å². The highest BCUT2D eigenvalue weighted by Gasteiger charge is 2.22. The Balaban J connectivity index is 2.06. The molecule has 2 heteroatoms. The number of nitrogens with one attached hydrogen (secondary N) is 1. The van der Waals surface area contributed by atoms with Gasteiger partial charge in [0, 0.05) is 12.6 Å². The number of hydrogen-bond donors (Lipinski definition) is 1. The fourth-order valence-corrected chi connectivity index (χ4v) is 1.44. The summed E-state index contributed by atoms with van der Waals surface area (Å²) in [6, 6.07) is 0.468. The van der Waals surface area contributed by atoms with E-state index in [2.05, 4.69) is 12.2 Å². The zero-order chi connectivity index (χ0) is 7.40. The lowest BCUT2D eigenvalue weighted by Crippen LogP contribution is -2.20. The van der Waals surface area contributed by atoms with Crippen LogP contribution < -0.4 is 5.32 Å². The van der Waals surface area contributed by atoms with E-state index in [4.69, 9.17) is 0 Å². The molecule has 0 spiro atoms. The third kappa shape index (κ3) is 2.25. The molecular formula is C8H16FN. The molecule has 10 heavy (non-hydrogen) atoms. The Bertz CT molecular complexity index is 95.3. The predicted octanol–water partition coefficient (Wildman–Crippen LogP) is 1.88. The molecule has 1 nitrogen and oxygen atoms in total. The van der Waals surface area contributed by atoms with E-state index in [1.54, 1.807) is 0 Å². The summed E-state index contributed by atoms with van der Waals surface area (Å²) in [5, 5.41) is 3.17. The number of halogens is 1. The minimum Gasteiger partial charge on any atom is -0.311 e. The first kappa shape index (κ1) is 7.99. The Morgan fingerprint density at radius 1 is 1.60 bits per heavy atom. The lowest BCUT2D eigenvalue weighted by molar-refractivity contribution is 0.353. The van der Waals surface area contributed by atoms with Gasteiger partial charge in [-0.3, -0.25) is 0 Å². The SMILES string of the molecule is CCCCC1CC(F)CN1. The molecular weight excluding hydrogens is 129 g/mol. The van der Waals surface area contributed by atoms with Crippen LogP contribution in [0.5, 0.6) is 0 Å². The molecule has 0 aromatic carbocycles. The molecule has 0 aromatic rings. The van der Waals surface area contributed by atoms with Gasteiger partial charge in [0.2, 0.25) is 0 Å². The summed E-state index contributed by atoms with van der Waals surface area (Å²) in [5.41, 5.74) is 0. The van der Waals surface area contributed by atoms with Crippen LogP contribution in [0.1, 0.15) is 32.6 Å². The smallest absolute Gasteiger partial charge is 0.114 e. The minimum absolute atomic E-state index is 0.468. The van der Waals surface area contributed by atoms with Gasteiger partial charge in [-0.15, -0.1) is 0 Å². The normalized spacial score (nSPS) is 33.0. The van der Waals surface area contributed by atoms with Crippen molar-refractivity contribution < 1.29 is 4.39 Å².